The molecule has 1 aliphatic heterocycles. The fourth-order valence-electron chi connectivity index (χ4n) is 3.10. The highest BCUT2D eigenvalue weighted by Gasteiger charge is 2.33. The van der Waals surface area contributed by atoms with Gasteiger partial charge < -0.3 is 16.0 Å². The molecule has 0 radical (unpaired) electrons. The van der Waals surface area contributed by atoms with Gasteiger partial charge in [0, 0.05) is 16.7 Å². The number of aryl methyl sites for hydroxylation is 1. The number of nitrogens with one attached hydrogen (secondary N) is 1. The van der Waals surface area contributed by atoms with Gasteiger partial charge in [0.1, 0.15) is 24.0 Å². The van der Waals surface area contributed by atoms with Crippen LogP contribution < -0.4 is 16.0 Å². The third-order valence-electron chi connectivity index (χ3n) is 4.49. The maximum Gasteiger partial charge on any atom is 0.249 e. The predicted molar refractivity (Wildman–Crippen MR) is 105 cm³/mol. The zero-order chi connectivity index (χ0) is 18.3. The number of anilines is 3. The number of hydrogen-bond acceptors (Lipinski definition) is 6. The molecule has 1 fully saturated rings. The van der Waals surface area contributed by atoms with Crippen LogP contribution in [0.25, 0.3) is 11.0 Å². The van der Waals surface area contributed by atoms with Crippen LogP contribution in [0, 0.1) is 6.92 Å². The monoisotopic (exact) mass is 412 g/mol. The maximum absolute atomic E-state index is 12.9. The highest BCUT2D eigenvalue weighted by atomic mass is 79.9. The smallest absolute Gasteiger partial charge is 0.249 e. The largest absolute Gasteiger partial charge is 0.384 e. The second kappa shape index (κ2) is 6.53. The van der Waals surface area contributed by atoms with Crippen molar-refractivity contribution < 1.29 is 4.79 Å². The van der Waals surface area contributed by atoms with Gasteiger partial charge in [-0.05, 0) is 49.2 Å². The number of carbonyl (C=O) groups excluding carboxylic acids is 1. The van der Waals surface area contributed by atoms with E-state index in [1.165, 1.54) is 6.33 Å². The fourth-order valence-corrected chi connectivity index (χ4v) is 3.35. The molecule has 1 amide bonds. The molecule has 0 saturated carbocycles. The Bertz CT molecular complexity index is 1010. The summed E-state index contributed by atoms with van der Waals surface area (Å²) < 4.78 is 1.03. The van der Waals surface area contributed by atoms with Crippen molar-refractivity contribution in [3.8, 4) is 0 Å². The summed E-state index contributed by atoms with van der Waals surface area (Å²) in [5.74, 6) is 1.02. The lowest BCUT2D eigenvalue weighted by molar-refractivity contribution is -0.117. The van der Waals surface area contributed by atoms with Crippen molar-refractivity contribution in [2.24, 2.45) is 0 Å². The Morgan fingerprint density at radius 3 is 2.92 bits per heavy atom. The van der Waals surface area contributed by atoms with E-state index in [4.69, 9.17) is 5.73 Å². The number of aromatic nitrogens is 3. The minimum atomic E-state index is -0.338. The molecule has 0 bridgehead atoms. The molecule has 4 rings (SSSR count). The first-order chi connectivity index (χ1) is 12.5. The number of carbonyl (C=O) groups is 1. The Morgan fingerprint density at radius 2 is 2.12 bits per heavy atom. The van der Waals surface area contributed by atoms with E-state index >= 15 is 0 Å². The molecular formula is C18H17BrN6O. The molecule has 7 nitrogen and oxygen atoms in total. The summed E-state index contributed by atoms with van der Waals surface area (Å²) >= 11 is 3.49. The zero-order valence-electron chi connectivity index (χ0n) is 14.1. The Kier molecular flexibility index (Phi) is 4.20. The highest BCUT2D eigenvalue weighted by molar-refractivity contribution is 9.10. The molecule has 0 aliphatic carbocycles. The summed E-state index contributed by atoms with van der Waals surface area (Å²) in [5.41, 5.74) is 8.22. The van der Waals surface area contributed by atoms with Crippen LogP contribution >= 0.6 is 15.9 Å². The summed E-state index contributed by atoms with van der Waals surface area (Å²) in [6.45, 7) is 2.67. The van der Waals surface area contributed by atoms with Crippen molar-refractivity contribution >= 4 is 50.2 Å². The van der Waals surface area contributed by atoms with Crippen molar-refractivity contribution in [1.29, 1.82) is 0 Å². The normalized spacial score (nSPS) is 17.1. The SMILES string of the molecule is Cc1cc(N2CCC(Nc3ncnc4nc(N)ccc34)C2=O)ccc1Br. The number of fused-ring (bicyclic) bond motifs is 1. The maximum atomic E-state index is 12.9. The molecule has 132 valence electrons. The van der Waals surface area contributed by atoms with Crippen LogP contribution in [0.2, 0.25) is 0 Å². The van der Waals surface area contributed by atoms with Gasteiger partial charge in [-0.1, -0.05) is 15.9 Å². The minimum Gasteiger partial charge on any atom is -0.384 e. The zero-order valence-corrected chi connectivity index (χ0v) is 15.7. The quantitative estimate of drug-likeness (QED) is 0.686. The van der Waals surface area contributed by atoms with E-state index < -0.39 is 0 Å². The van der Waals surface area contributed by atoms with Crippen LogP contribution in [0.3, 0.4) is 0 Å². The van der Waals surface area contributed by atoms with Gasteiger partial charge in [0.15, 0.2) is 5.65 Å². The Morgan fingerprint density at radius 1 is 1.27 bits per heavy atom. The molecule has 1 saturated heterocycles. The molecule has 26 heavy (non-hydrogen) atoms. The van der Waals surface area contributed by atoms with E-state index in [9.17, 15) is 4.79 Å². The van der Waals surface area contributed by atoms with Gasteiger partial charge in [-0.3, -0.25) is 4.79 Å². The van der Waals surface area contributed by atoms with E-state index in [1.807, 2.05) is 31.2 Å². The van der Waals surface area contributed by atoms with Crippen LogP contribution in [0.1, 0.15) is 12.0 Å². The van der Waals surface area contributed by atoms with Gasteiger partial charge >= 0.3 is 0 Å². The molecule has 1 aromatic carbocycles. The minimum absolute atomic E-state index is 0.0295. The first-order valence-corrected chi connectivity index (χ1v) is 9.03. The van der Waals surface area contributed by atoms with Crippen LogP contribution in [0.4, 0.5) is 17.3 Å². The lowest BCUT2D eigenvalue weighted by Crippen LogP contribution is -2.33. The summed E-state index contributed by atoms with van der Waals surface area (Å²) in [4.78, 5) is 27.3. The predicted octanol–water partition coefficient (Wildman–Crippen LogP) is 2.90. The van der Waals surface area contributed by atoms with E-state index in [-0.39, 0.29) is 11.9 Å². The second-order valence-corrected chi connectivity index (χ2v) is 7.09. The summed E-state index contributed by atoms with van der Waals surface area (Å²) in [6.07, 6.45) is 2.12. The molecule has 1 aliphatic rings. The number of benzene rings is 1. The third-order valence-corrected chi connectivity index (χ3v) is 5.38. The molecule has 0 spiro atoms. The number of rotatable bonds is 3. The van der Waals surface area contributed by atoms with Gasteiger partial charge in [-0.15, -0.1) is 0 Å². The van der Waals surface area contributed by atoms with Crippen LogP contribution in [0.5, 0.6) is 0 Å². The van der Waals surface area contributed by atoms with E-state index in [0.29, 0.717) is 30.2 Å². The second-order valence-electron chi connectivity index (χ2n) is 6.24. The number of amides is 1. The van der Waals surface area contributed by atoms with E-state index in [2.05, 4.69) is 36.2 Å². The highest BCUT2D eigenvalue weighted by Crippen LogP contribution is 2.28. The Labute approximate surface area is 158 Å². The number of nitrogens with two attached hydrogens (primary N) is 1. The molecule has 3 N–H and O–H groups in total. The van der Waals surface area contributed by atoms with Gasteiger partial charge in [-0.25, -0.2) is 15.0 Å². The lowest BCUT2D eigenvalue weighted by atomic mass is 10.2. The molecule has 8 heteroatoms. The van der Waals surface area contributed by atoms with Crippen molar-refractivity contribution in [1.82, 2.24) is 15.0 Å². The van der Waals surface area contributed by atoms with Crippen LogP contribution in [-0.2, 0) is 4.79 Å². The molecule has 2 aromatic heterocycles. The number of nitrogens with zero attached hydrogens (tertiary/aromatic N) is 4. The van der Waals surface area contributed by atoms with Crippen molar-refractivity contribution in [3.05, 3.63) is 46.7 Å². The number of nitrogen functional groups attached to an aromatic ring is 1. The average Bonchev–Trinajstić information content (AvgIpc) is 2.98. The van der Waals surface area contributed by atoms with E-state index in [1.54, 1.807) is 11.0 Å². The summed E-state index contributed by atoms with van der Waals surface area (Å²) in [7, 11) is 0. The van der Waals surface area contributed by atoms with E-state index in [0.717, 1.165) is 21.1 Å². The van der Waals surface area contributed by atoms with Crippen molar-refractivity contribution in [2.45, 2.75) is 19.4 Å². The first kappa shape index (κ1) is 16.7. The molecule has 3 aromatic rings. The number of halogens is 1. The summed E-state index contributed by atoms with van der Waals surface area (Å²) in [5, 5.41) is 3.99. The Hall–Kier alpha value is -2.74. The molecule has 3 heterocycles. The topological polar surface area (TPSA) is 97.0 Å². The van der Waals surface area contributed by atoms with Gasteiger partial charge in [0.2, 0.25) is 5.91 Å². The van der Waals surface area contributed by atoms with Gasteiger partial charge in [0.05, 0.1) is 5.39 Å². The van der Waals surface area contributed by atoms with Crippen LogP contribution in [0.15, 0.2) is 41.1 Å². The lowest BCUT2D eigenvalue weighted by Gasteiger charge is -2.18. The molecule has 1 atom stereocenters. The third kappa shape index (κ3) is 2.96. The van der Waals surface area contributed by atoms with Crippen LogP contribution in [-0.4, -0.2) is 33.4 Å². The standard InChI is InChI=1S/C18H17BrN6O/c1-10-8-11(2-4-13(10)19)25-7-6-14(18(25)26)23-16-12-3-5-15(20)24-17(12)22-9-21-16/h2-5,8-9,14H,6-7H2,1H3,(H3,20,21,22,23,24). The van der Waals surface area contributed by atoms with Gasteiger partial charge in [0.25, 0.3) is 0 Å². The molecular weight excluding hydrogens is 396 g/mol. The number of pyridine rings is 1. The Balaban J connectivity index is 1.59. The molecule has 1 unspecified atom stereocenters. The van der Waals surface area contributed by atoms with Gasteiger partial charge in [-0.2, -0.15) is 0 Å². The first-order valence-electron chi connectivity index (χ1n) is 8.24. The number of hydrogen-bond donors (Lipinski definition) is 2. The summed E-state index contributed by atoms with van der Waals surface area (Å²) in [6, 6.07) is 9.10. The van der Waals surface area contributed by atoms with Crippen molar-refractivity contribution in [2.75, 3.05) is 22.5 Å². The fraction of sp³-hybridized carbons (Fsp3) is 0.222. The van der Waals surface area contributed by atoms with Crippen molar-refractivity contribution in [3.63, 3.8) is 0 Å². The average molecular weight is 413 g/mol.